The largest absolute Gasteiger partial charge is 0.453 e. The van der Waals surface area contributed by atoms with Crippen molar-refractivity contribution in [2.24, 2.45) is 0 Å². The standard InChI is InChI=1S/C19H21N5O4/c25-18-12-4-2-1-3-9-23(12)17(14-15-13(7-8-20-14)26-10-27-15)24(18)19-22-21-16(28-19)11-5-6-11/h7-8,11-12,17H,1-6,9-10H2/t12-,17?/m1/s1. The van der Waals surface area contributed by atoms with Crippen LogP contribution in [0.15, 0.2) is 16.7 Å². The minimum absolute atomic E-state index is 0.00350. The van der Waals surface area contributed by atoms with Gasteiger partial charge in [0, 0.05) is 24.7 Å². The molecule has 3 aliphatic heterocycles. The summed E-state index contributed by atoms with van der Waals surface area (Å²) in [5, 5.41) is 8.41. The van der Waals surface area contributed by atoms with E-state index in [9.17, 15) is 4.79 Å². The van der Waals surface area contributed by atoms with Crippen molar-refractivity contribution >= 4 is 11.9 Å². The van der Waals surface area contributed by atoms with Gasteiger partial charge in [0.15, 0.2) is 11.5 Å². The van der Waals surface area contributed by atoms with Gasteiger partial charge in [-0.15, -0.1) is 5.10 Å². The second-order valence-electron chi connectivity index (χ2n) is 7.81. The lowest BCUT2D eigenvalue weighted by atomic mass is 10.1. The number of carbonyl (C=O) groups is 1. The van der Waals surface area contributed by atoms with Gasteiger partial charge in [-0.05, 0) is 25.7 Å². The Morgan fingerprint density at radius 2 is 2.00 bits per heavy atom. The van der Waals surface area contributed by atoms with Crippen LogP contribution in [0.3, 0.4) is 0 Å². The van der Waals surface area contributed by atoms with Crippen LogP contribution < -0.4 is 14.4 Å². The van der Waals surface area contributed by atoms with Crippen LogP contribution in [0, 0.1) is 0 Å². The highest BCUT2D eigenvalue weighted by atomic mass is 16.7. The van der Waals surface area contributed by atoms with Crippen molar-refractivity contribution in [1.82, 2.24) is 20.1 Å². The molecule has 0 spiro atoms. The van der Waals surface area contributed by atoms with Crippen LogP contribution in [0.5, 0.6) is 11.5 Å². The molecule has 4 aliphatic rings. The fourth-order valence-electron chi connectivity index (χ4n) is 4.46. The number of hydrogen-bond acceptors (Lipinski definition) is 8. The number of ether oxygens (including phenoxy) is 2. The normalized spacial score (nSPS) is 27.1. The van der Waals surface area contributed by atoms with Crippen LogP contribution in [-0.4, -0.2) is 45.4 Å². The molecule has 2 aromatic rings. The van der Waals surface area contributed by atoms with E-state index in [1.165, 1.54) is 0 Å². The first-order chi connectivity index (χ1) is 13.8. The Hall–Kier alpha value is -2.68. The van der Waals surface area contributed by atoms with Gasteiger partial charge in [0.1, 0.15) is 11.9 Å². The van der Waals surface area contributed by atoms with E-state index in [1.54, 1.807) is 17.2 Å². The summed E-state index contributed by atoms with van der Waals surface area (Å²) in [6, 6.07) is 1.83. The second kappa shape index (κ2) is 6.16. The molecule has 28 heavy (non-hydrogen) atoms. The van der Waals surface area contributed by atoms with Crippen molar-refractivity contribution in [3.05, 3.63) is 23.8 Å². The highest BCUT2D eigenvalue weighted by Gasteiger charge is 2.51. The summed E-state index contributed by atoms with van der Waals surface area (Å²) >= 11 is 0. The number of anilines is 1. The van der Waals surface area contributed by atoms with Crippen molar-refractivity contribution in [2.45, 2.75) is 56.7 Å². The van der Waals surface area contributed by atoms with Crippen LogP contribution >= 0.6 is 0 Å². The number of aromatic nitrogens is 3. The van der Waals surface area contributed by atoms with Crippen molar-refractivity contribution in [1.29, 1.82) is 0 Å². The number of rotatable bonds is 3. The predicted octanol–water partition coefficient (Wildman–Crippen LogP) is 2.36. The first-order valence-electron chi connectivity index (χ1n) is 9.98. The van der Waals surface area contributed by atoms with E-state index in [1.807, 2.05) is 0 Å². The molecule has 2 atom stereocenters. The Morgan fingerprint density at radius 1 is 1.07 bits per heavy atom. The van der Waals surface area contributed by atoms with Crippen molar-refractivity contribution in [3.8, 4) is 11.5 Å². The molecule has 0 bridgehead atoms. The van der Waals surface area contributed by atoms with E-state index in [0.29, 0.717) is 29.0 Å². The zero-order chi connectivity index (χ0) is 18.7. The van der Waals surface area contributed by atoms with Crippen molar-refractivity contribution in [2.75, 3.05) is 18.2 Å². The van der Waals surface area contributed by atoms with Gasteiger partial charge in [-0.3, -0.25) is 14.7 Å². The van der Waals surface area contributed by atoms with Crippen LogP contribution in [0.25, 0.3) is 0 Å². The molecule has 5 heterocycles. The quantitative estimate of drug-likeness (QED) is 0.797. The SMILES string of the molecule is O=C1[C@H]2CCCCCN2C(c2nccc3c2OCO3)N1c1nnc(C2CC2)o1. The third-order valence-electron chi connectivity index (χ3n) is 6.00. The monoisotopic (exact) mass is 383 g/mol. The van der Waals surface area contributed by atoms with Crippen molar-refractivity contribution in [3.63, 3.8) is 0 Å². The maximum absolute atomic E-state index is 13.4. The molecule has 1 aliphatic carbocycles. The Balaban J connectivity index is 1.47. The molecule has 2 saturated heterocycles. The predicted molar refractivity (Wildman–Crippen MR) is 95.8 cm³/mol. The van der Waals surface area contributed by atoms with Crippen LogP contribution in [0.4, 0.5) is 6.01 Å². The molecule has 9 heteroatoms. The van der Waals surface area contributed by atoms with Gasteiger partial charge < -0.3 is 13.9 Å². The number of fused-ring (bicyclic) bond motifs is 2. The fraction of sp³-hybridized carbons (Fsp3) is 0.579. The zero-order valence-electron chi connectivity index (χ0n) is 15.4. The first kappa shape index (κ1) is 16.3. The van der Waals surface area contributed by atoms with E-state index in [4.69, 9.17) is 13.9 Å². The minimum Gasteiger partial charge on any atom is -0.453 e. The minimum atomic E-state index is -0.431. The fourth-order valence-corrected chi connectivity index (χ4v) is 4.46. The summed E-state index contributed by atoms with van der Waals surface area (Å²) in [4.78, 5) is 21.8. The van der Waals surface area contributed by atoms with Gasteiger partial charge in [-0.1, -0.05) is 17.9 Å². The second-order valence-corrected chi connectivity index (χ2v) is 7.81. The molecule has 0 radical (unpaired) electrons. The molecule has 146 valence electrons. The van der Waals surface area contributed by atoms with E-state index in [0.717, 1.165) is 45.1 Å². The van der Waals surface area contributed by atoms with Gasteiger partial charge in [0.2, 0.25) is 18.6 Å². The molecule has 0 aromatic carbocycles. The Labute approximate surface area is 161 Å². The number of pyridine rings is 1. The van der Waals surface area contributed by atoms with E-state index in [2.05, 4.69) is 20.1 Å². The number of carbonyl (C=O) groups excluding carboxylic acids is 1. The Kier molecular flexibility index (Phi) is 3.59. The zero-order valence-corrected chi connectivity index (χ0v) is 15.4. The van der Waals surface area contributed by atoms with Gasteiger partial charge >= 0.3 is 6.01 Å². The smallest absolute Gasteiger partial charge is 0.326 e. The van der Waals surface area contributed by atoms with Crippen LogP contribution in [-0.2, 0) is 4.79 Å². The average Bonchev–Trinajstić information content (AvgIpc) is 3.23. The molecule has 2 aromatic heterocycles. The third-order valence-corrected chi connectivity index (χ3v) is 6.00. The van der Waals surface area contributed by atoms with Gasteiger partial charge in [-0.25, -0.2) is 4.90 Å². The van der Waals surface area contributed by atoms with E-state index >= 15 is 0 Å². The van der Waals surface area contributed by atoms with Crippen molar-refractivity contribution < 1.29 is 18.7 Å². The molecule has 9 nitrogen and oxygen atoms in total. The molecule has 1 saturated carbocycles. The first-order valence-corrected chi connectivity index (χ1v) is 9.98. The molecule has 0 N–H and O–H groups in total. The highest BCUT2D eigenvalue weighted by Crippen LogP contribution is 2.47. The number of amides is 1. The van der Waals surface area contributed by atoms with Gasteiger partial charge in [0.05, 0.1) is 6.04 Å². The highest BCUT2D eigenvalue weighted by molar-refractivity contribution is 5.98. The molecule has 1 unspecified atom stereocenters. The maximum atomic E-state index is 13.4. The lowest BCUT2D eigenvalue weighted by Crippen LogP contribution is -2.34. The number of hydrogen-bond donors (Lipinski definition) is 0. The summed E-state index contributed by atoms with van der Waals surface area (Å²) in [6.07, 6.45) is 7.41. The molecular formula is C19H21N5O4. The van der Waals surface area contributed by atoms with E-state index < -0.39 is 6.17 Å². The summed E-state index contributed by atoms with van der Waals surface area (Å²) < 4.78 is 17.2. The maximum Gasteiger partial charge on any atom is 0.326 e. The third kappa shape index (κ3) is 2.42. The summed E-state index contributed by atoms with van der Waals surface area (Å²) in [5.74, 6) is 2.20. The molecule has 3 fully saturated rings. The number of nitrogens with zero attached hydrogens (tertiary/aromatic N) is 5. The topological polar surface area (TPSA) is 93.8 Å². The lowest BCUT2D eigenvalue weighted by Gasteiger charge is -2.28. The molecule has 1 amide bonds. The summed E-state index contributed by atoms with van der Waals surface area (Å²) in [6.45, 7) is 0.970. The molecule has 6 rings (SSSR count). The van der Waals surface area contributed by atoms with Gasteiger partial charge in [-0.2, -0.15) is 0 Å². The van der Waals surface area contributed by atoms with Crippen LogP contribution in [0.1, 0.15) is 62.2 Å². The van der Waals surface area contributed by atoms with Crippen LogP contribution in [0.2, 0.25) is 0 Å². The molecular weight excluding hydrogens is 362 g/mol. The summed E-state index contributed by atoms with van der Waals surface area (Å²) in [7, 11) is 0. The average molecular weight is 383 g/mol. The Morgan fingerprint density at radius 3 is 2.89 bits per heavy atom. The summed E-state index contributed by atoms with van der Waals surface area (Å²) in [5.41, 5.74) is 0.666. The van der Waals surface area contributed by atoms with E-state index in [-0.39, 0.29) is 24.8 Å². The Bertz CT molecular complexity index is 927. The van der Waals surface area contributed by atoms with Gasteiger partial charge in [0.25, 0.3) is 0 Å². The lowest BCUT2D eigenvalue weighted by molar-refractivity contribution is -0.119.